The van der Waals surface area contributed by atoms with Crippen LogP contribution in [0.25, 0.3) is 0 Å². The van der Waals surface area contributed by atoms with E-state index in [9.17, 15) is 4.79 Å². The Labute approximate surface area is 102 Å². The summed E-state index contributed by atoms with van der Waals surface area (Å²) in [5, 5.41) is 3.03. The molecule has 0 fully saturated rings. The lowest BCUT2D eigenvalue weighted by Crippen LogP contribution is -2.38. The highest BCUT2D eigenvalue weighted by Gasteiger charge is 2.09. The number of amides is 1. The van der Waals surface area contributed by atoms with E-state index in [-0.39, 0.29) is 12.5 Å². The topological polar surface area (TPSA) is 45.5 Å². The standard InChI is InChI=1S/C13H18N2O2/c1-3-7-15(8-4-2)13(16)11-14-10-12-6-5-9-17-12/h3-6,9,14H,1-2,7-8,10-11H2. The van der Waals surface area contributed by atoms with E-state index in [4.69, 9.17) is 4.42 Å². The molecule has 0 aromatic carbocycles. The van der Waals surface area contributed by atoms with Gasteiger partial charge in [0.25, 0.3) is 0 Å². The van der Waals surface area contributed by atoms with Crippen molar-refractivity contribution >= 4 is 5.91 Å². The van der Waals surface area contributed by atoms with Gasteiger partial charge < -0.3 is 14.6 Å². The second-order valence-electron chi connectivity index (χ2n) is 3.56. The van der Waals surface area contributed by atoms with E-state index in [1.807, 2.05) is 12.1 Å². The first-order valence-electron chi connectivity index (χ1n) is 5.50. The average Bonchev–Trinajstić information content (AvgIpc) is 2.81. The number of hydrogen-bond acceptors (Lipinski definition) is 3. The lowest BCUT2D eigenvalue weighted by Gasteiger charge is -2.19. The number of nitrogens with zero attached hydrogens (tertiary/aromatic N) is 1. The Kier molecular flexibility index (Phi) is 5.82. The average molecular weight is 234 g/mol. The number of furan rings is 1. The van der Waals surface area contributed by atoms with Gasteiger partial charge in [0.2, 0.25) is 5.91 Å². The molecule has 1 amide bonds. The predicted molar refractivity (Wildman–Crippen MR) is 67.4 cm³/mol. The van der Waals surface area contributed by atoms with Gasteiger partial charge in [0.1, 0.15) is 5.76 Å². The van der Waals surface area contributed by atoms with Crippen molar-refractivity contribution in [2.75, 3.05) is 19.6 Å². The quantitative estimate of drug-likeness (QED) is 0.694. The Balaban J connectivity index is 2.31. The molecule has 1 heterocycles. The molecule has 4 heteroatoms. The van der Waals surface area contributed by atoms with Gasteiger partial charge in [-0.25, -0.2) is 0 Å². The lowest BCUT2D eigenvalue weighted by atomic mass is 10.4. The van der Waals surface area contributed by atoms with Crippen molar-refractivity contribution in [3.05, 3.63) is 49.5 Å². The van der Waals surface area contributed by atoms with Crippen LogP contribution in [0.1, 0.15) is 5.76 Å². The first-order valence-corrected chi connectivity index (χ1v) is 5.50. The van der Waals surface area contributed by atoms with Crippen LogP contribution in [0, 0.1) is 0 Å². The van der Waals surface area contributed by atoms with Gasteiger partial charge in [0.05, 0.1) is 19.4 Å². The molecule has 0 spiro atoms. The number of hydrogen-bond donors (Lipinski definition) is 1. The number of carbonyl (C=O) groups is 1. The summed E-state index contributed by atoms with van der Waals surface area (Å²) in [5.41, 5.74) is 0. The van der Waals surface area contributed by atoms with Crippen LogP contribution in [0.15, 0.2) is 48.1 Å². The fraction of sp³-hybridized carbons (Fsp3) is 0.308. The molecule has 4 nitrogen and oxygen atoms in total. The Morgan fingerprint density at radius 1 is 1.41 bits per heavy atom. The number of carbonyl (C=O) groups excluding carboxylic acids is 1. The largest absolute Gasteiger partial charge is 0.468 e. The Bertz CT molecular complexity index is 348. The zero-order chi connectivity index (χ0) is 12.5. The van der Waals surface area contributed by atoms with Crippen LogP contribution in [0.3, 0.4) is 0 Å². The van der Waals surface area contributed by atoms with Crippen molar-refractivity contribution in [1.82, 2.24) is 10.2 Å². The van der Waals surface area contributed by atoms with Crippen molar-refractivity contribution in [2.45, 2.75) is 6.54 Å². The normalized spacial score (nSPS) is 9.88. The van der Waals surface area contributed by atoms with E-state index in [0.29, 0.717) is 19.6 Å². The molecule has 0 aliphatic heterocycles. The van der Waals surface area contributed by atoms with Crippen molar-refractivity contribution in [3.63, 3.8) is 0 Å². The van der Waals surface area contributed by atoms with Crippen LogP contribution in [-0.2, 0) is 11.3 Å². The van der Waals surface area contributed by atoms with Crippen LogP contribution in [0.4, 0.5) is 0 Å². The molecule has 92 valence electrons. The third-order valence-corrected chi connectivity index (χ3v) is 2.21. The van der Waals surface area contributed by atoms with E-state index in [1.54, 1.807) is 23.3 Å². The van der Waals surface area contributed by atoms with Crippen LogP contribution in [0.5, 0.6) is 0 Å². The van der Waals surface area contributed by atoms with Crippen molar-refractivity contribution in [2.24, 2.45) is 0 Å². The third kappa shape index (κ3) is 4.70. The summed E-state index contributed by atoms with van der Waals surface area (Å²) in [5.74, 6) is 0.841. The zero-order valence-corrected chi connectivity index (χ0v) is 9.89. The molecule has 0 saturated carbocycles. The van der Waals surface area contributed by atoms with Gasteiger partial charge in [-0.1, -0.05) is 12.2 Å². The fourth-order valence-corrected chi connectivity index (χ4v) is 1.41. The van der Waals surface area contributed by atoms with Crippen LogP contribution < -0.4 is 5.32 Å². The molecule has 0 atom stereocenters. The van der Waals surface area contributed by atoms with Gasteiger partial charge in [-0.2, -0.15) is 0 Å². The number of rotatable bonds is 8. The summed E-state index contributed by atoms with van der Waals surface area (Å²) in [6.45, 7) is 9.15. The molecule has 1 aromatic heterocycles. The second kappa shape index (κ2) is 7.46. The molecule has 0 aliphatic carbocycles. The summed E-state index contributed by atoms with van der Waals surface area (Å²) in [6.07, 6.45) is 5.02. The van der Waals surface area contributed by atoms with E-state index in [2.05, 4.69) is 18.5 Å². The van der Waals surface area contributed by atoms with Crippen LogP contribution in [-0.4, -0.2) is 30.4 Å². The van der Waals surface area contributed by atoms with Crippen molar-refractivity contribution in [1.29, 1.82) is 0 Å². The molecular weight excluding hydrogens is 216 g/mol. The Morgan fingerprint density at radius 3 is 2.65 bits per heavy atom. The fourth-order valence-electron chi connectivity index (χ4n) is 1.41. The predicted octanol–water partition coefficient (Wildman–Crippen LogP) is 1.57. The van der Waals surface area contributed by atoms with Gasteiger partial charge in [0, 0.05) is 13.1 Å². The molecule has 17 heavy (non-hydrogen) atoms. The highest BCUT2D eigenvalue weighted by Crippen LogP contribution is 1.98. The van der Waals surface area contributed by atoms with Gasteiger partial charge >= 0.3 is 0 Å². The minimum atomic E-state index is 0.0244. The SMILES string of the molecule is C=CCN(CC=C)C(=O)CNCc1ccco1. The first kappa shape index (κ1) is 13.3. The lowest BCUT2D eigenvalue weighted by molar-refractivity contribution is -0.129. The van der Waals surface area contributed by atoms with Crippen molar-refractivity contribution < 1.29 is 9.21 Å². The van der Waals surface area contributed by atoms with E-state index < -0.39 is 0 Å². The smallest absolute Gasteiger partial charge is 0.237 e. The highest BCUT2D eigenvalue weighted by molar-refractivity contribution is 5.78. The highest BCUT2D eigenvalue weighted by atomic mass is 16.3. The van der Waals surface area contributed by atoms with Crippen LogP contribution in [0.2, 0.25) is 0 Å². The maximum absolute atomic E-state index is 11.8. The van der Waals surface area contributed by atoms with Crippen LogP contribution >= 0.6 is 0 Å². The van der Waals surface area contributed by atoms with Gasteiger partial charge in [0.15, 0.2) is 0 Å². The zero-order valence-electron chi connectivity index (χ0n) is 9.89. The summed E-state index contributed by atoms with van der Waals surface area (Å²) < 4.78 is 5.15. The summed E-state index contributed by atoms with van der Waals surface area (Å²) in [7, 11) is 0. The number of nitrogens with one attached hydrogen (secondary N) is 1. The van der Waals surface area contributed by atoms with Gasteiger partial charge in [-0.15, -0.1) is 13.2 Å². The molecule has 1 rings (SSSR count). The summed E-state index contributed by atoms with van der Waals surface area (Å²) in [4.78, 5) is 13.5. The molecule has 0 aliphatic rings. The van der Waals surface area contributed by atoms with Gasteiger partial charge in [-0.3, -0.25) is 4.79 Å². The van der Waals surface area contributed by atoms with E-state index in [1.165, 1.54) is 0 Å². The molecule has 1 N–H and O–H groups in total. The monoisotopic (exact) mass is 234 g/mol. The summed E-state index contributed by atoms with van der Waals surface area (Å²) in [6, 6.07) is 3.68. The third-order valence-electron chi connectivity index (χ3n) is 2.21. The molecule has 0 bridgehead atoms. The summed E-state index contributed by atoms with van der Waals surface area (Å²) >= 11 is 0. The van der Waals surface area contributed by atoms with E-state index in [0.717, 1.165) is 5.76 Å². The molecule has 0 unspecified atom stereocenters. The molecule has 0 radical (unpaired) electrons. The van der Waals surface area contributed by atoms with Gasteiger partial charge in [-0.05, 0) is 12.1 Å². The maximum atomic E-state index is 11.8. The Hall–Kier alpha value is -1.81. The van der Waals surface area contributed by atoms with Crippen molar-refractivity contribution in [3.8, 4) is 0 Å². The minimum Gasteiger partial charge on any atom is -0.468 e. The minimum absolute atomic E-state index is 0.0244. The maximum Gasteiger partial charge on any atom is 0.237 e. The second-order valence-corrected chi connectivity index (χ2v) is 3.56. The molecular formula is C13H18N2O2. The first-order chi connectivity index (χ1) is 8.27. The Morgan fingerprint density at radius 2 is 2.12 bits per heavy atom. The molecule has 0 saturated heterocycles. The van der Waals surface area contributed by atoms with E-state index >= 15 is 0 Å². The molecule has 1 aromatic rings.